The molecule has 0 saturated heterocycles. The van der Waals surface area contributed by atoms with Crippen molar-refractivity contribution in [2.45, 2.75) is 31.3 Å². The molecule has 0 aliphatic carbocycles. The van der Waals surface area contributed by atoms with Crippen LogP contribution in [0.3, 0.4) is 0 Å². The number of rotatable bonds is 7. The van der Waals surface area contributed by atoms with E-state index < -0.39 is 10.0 Å². The van der Waals surface area contributed by atoms with E-state index in [2.05, 4.69) is 22.5 Å². The average molecular weight is 362 g/mol. The zero-order valence-electron chi connectivity index (χ0n) is 11.8. The predicted octanol–water partition coefficient (Wildman–Crippen LogP) is 2.84. The van der Waals surface area contributed by atoms with E-state index in [-0.39, 0.29) is 11.5 Å². The maximum atomic E-state index is 12.6. The van der Waals surface area contributed by atoms with Gasteiger partial charge in [-0.15, -0.1) is 6.58 Å². The lowest BCUT2D eigenvalue weighted by Gasteiger charge is -2.19. The Kier molecular flexibility index (Phi) is 6.39. The molecule has 112 valence electrons. The Morgan fingerprint density at radius 2 is 2.10 bits per heavy atom. The molecular formula is C14H20BrNO3S. The first-order valence-electron chi connectivity index (χ1n) is 6.31. The topological polar surface area (TPSA) is 57.6 Å². The molecule has 4 nitrogen and oxygen atoms in total. The lowest BCUT2D eigenvalue weighted by atomic mass is 10.1. The molecule has 0 radical (unpaired) electrons. The number of halogens is 1. The van der Waals surface area contributed by atoms with Crippen LogP contribution in [0.2, 0.25) is 0 Å². The summed E-state index contributed by atoms with van der Waals surface area (Å²) in [5.74, 6) is 0. The van der Waals surface area contributed by atoms with Gasteiger partial charge >= 0.3 is 0 Å². The molecule has 1 rings (SSSR count). The van der Waals surface area contributed by atoms with Gasteiger partial charge in [-0.3, -0.25) is 0 Å². The Morgan fingerprint density at radius 3 is 2.65 bits per heavy atom. The van der Waals surface area contributed by atoms with E-state index in [1.54, 1.807) is 26.1 Å². The third-order valence-electron chi connectivity index (χ3n) is 3.03. The van der Waals surface area contributed by atoms with E-state index in [4.69, 9.17) is 0 Å². The number of hydrogen-bond acceptors (Lipinski definition) is 3. The Morgan fingerprint density at radius 1 is 1.45 bits per heavy atom. The molecule has 20 heavy (non-hydrogen) atoms. The largest absolute Gasteiger partial charge is 0.392 e. The zero-order chi connectivity index (χ0) is 15.3. The van der Waals surface area contributed by atoms with Crippen LogP contribution in [0, 0.1) is 6.92 Å². The second kappa shape index (κ2) is 7.36. The fourth-order valence-electron chi connectivity index (χ4n) is 1.83. The summed E-state index contributed by atoms with van der Waals surface area (Å²) in [6, 6.07) is 3.28. The number of aliphatic hydroxyl groups excluding tert-OH is 1. The predicted molar refractivity (Wildman–Crippen MR) is 84.0 cm³/mol. The smallest absolute Gasteiger partial charge is 0.243 e. The number of nitrogens with zero attached hydrogens (tertiary/aromatic N) is 1. The number of aliphatic hydroxyl groups is 1. The van der Waals surface area contributed by atoms with Gasteiger partial charge < -0.3 is 5.11 Å². The van der Waals surface area contributed by atoms with Crippen LogP contribution in [0.4, 0.5) is 0 Å². The van der Waals surface area contributed by atoms with Crippen LogP contribution < -0.4 is 0 Å². The molecule has 0 atom stereocenters. The molecule has 0 bridgehead atoms. The molecule has 6 heteroatoms. The third kappa shape index (κ3) is 3.91. The normalized spacial score (nSPS) is 11.8. The van der Waals surface area contributed by atoms with Gasteiger partial charge in [-0.2, -0.15) is 0 Å². The van der Waals surface area contributed by atoms with Gasteiger partial charge in [0.15, 0.2) is 0 Å². The highest BCUT2D eigenvalue weighted by molar-refractivity contribution is 9.10. The standard InChI is InChI=1S/C14H20BrNO3S/c1-4-5-6-7-16(3)20(18,19)13-9-12(10-17)8-11(2)14(13)15/h4,8-9,17H,1,5-7,10H2,2-3H3. The van der Waals surface area contributed by atoms with Crippen LogP contribution in [-0.4, -0.2) is 31.4 Å². The highest BCUT2D eigenvalue weighted by atomic mass is 79.9. The van der Waals surface area contributed by atoms with Crippen LogP contribution in [0.15, 0.2) is 34.2 Å². The molecule has 0 heterocycles. The minimum Gasteiger partial charge on any atom is -0.392 e. The number of allylic oxidation sites excluding steroid dienone is 1. The lowest BCUT2D eigenvalue weighted by Crippen LogP contribution is -2.28. The molecule has 0 amide bonds. The summed E-state index contributed by atoms with van der Waals surface area (Å²) in [4.78, 5) is 0.197. The molecule has 0 fully saturated rings. The molecule has 1 N–H and O–H groups in total. The molecule has 0 aliphatic rings. The van der Waals surface area contributed by atoms with Crippen molar-refractivity contribution < 1.29 is 13.5 Å². The van der Waals surface area contributed by atoms with Gasteiger partial charge in [0.25, 0.3) is 0 Å². The minimum atomic E-state index is -3.56. The fourth-order valence-corrected chi connectivity index (χ4v) is 4.07. The Labute approximate surface area is 129 Å². The van der Waals surface area contributed by atoms with Crippen molar-refractivity contribution in [3.8, 4) is 0 Å². The first-order valence-corrected chi connectivity index (χ1v) is 8.55. The van der Waals surface area contributed by atoms with Gasteiger partial charge in [0, 0.05) is 18.1 Å². The molecule has 0 aliphatic heterocycles. The van der Waals surface area contributed by atoms with Crippen molar-refractivity contribution in [2.75, 3.05) is 13.6 Å². The summed E-state index contributed by atoms with van der Waals surface area (Å²) >= 11 is 3.33. The van der Waals surface area contributed by atoms with E-state index in [0.29, 0.717) is 16.6 Å². The van der Waals surface area contributed by atoms with Gasteiger partial charge in [0.1, 0.15) is 0 Å². The van der Waals surface area contributed by atoms with Crippen molar-refractivity contribution in [1.29, 1.82) is 0 Å². The van der Waals surface area contributed by atoms with Crippen molar-refractivity contribution in [3.05, 3.63) is 40.4 Å². The van der Waals surface area contributed by atoms with Crippen LogP contribution in [-0.2, 0) is 16.6 Å². The molecule has 0 saturated carbocycles. The number of benzene rings is 1. The van der Waals surface area contributed by atoms with E-state index in [0.717, 1.165) is 18.4 Å². The molecule has 0 spiro atoms. The second-order valence-corrected chi connectivity index (χ2v) is 7.45. The van der Waals surface area contributed by atoms with Crippen molar-refractivity contribution >= 4 is 26.0 Å². The zero-order valence-corrected chi connectivity index (χ0v) is 14.2. The van der Waals surface area contributed by atoms with Crippen LogP contribution in [0.25, 0.3) is 0 Å². The van der Waals surface area contributed by atoms with E-state index in [1.165, 1.54) is 10.4 Å². The Balaban J connectivity index is 3.14. The highest BCUT2D eigenvalue weighted by Crippen LogP contribution is 2.29. The second-order valence-electron chi connectivity index (χ2n) is 4.64. The van der Waals surface area contributed by atoms with E-state index in [9.17, 15) is 13.5 Å². The summed E-state index contributed by atoms with van der Waals surface area (Å²) in [6.07, 6.45) is 3.28. The molecule has 1 aromatic rings. The Bertz CT molecular complexity index is 584. The number of aryl methyl sites for hydroxylation is 1. The lowest BCUT2D eigenvalue weighted by molar-refractivity contribution is 0.281. The quantitative estimate of drug-likeness (QED) is 0.600. The van der Waals surface area contributed by atoms with Crippen molar-refractivity contribution in [2.24, 2.45) is 0 Å². The third-order valence-corrected chi connectivity index (χ3v) is 6.23. The number of hydrogen-bond donors (Lipinski definition) is 1. The van der Waals surface area contributed by atoms with Gasteiger partial charge in [0.2, 0.25) is 10.0 Å². The molecule has 1 aromatic carbocycles. The van der Waals surface area contributed by atoms with Crippen LogP contribution in [0.1, 0.15) is 24.0 Å². The maximum Gasteiger partial charge on any atom is 0.243 e. The SMILES string of the molecule is C=CCCCN(C)S(=O)(=O)c1cc(CO)cc(C)c1Br. The minimum absolute atomic E-state index is 0.184. The Hall–Kier alpha value is -0.690. The van der Waals surface area contributed by atoms with Crippen LogP contribution >= 0.6 is 15.9 Å². The number of sulfonamides is 1. The van der Waals surface area contributed by atoms with Crippen molar-refractivity contribution in [1.82, 2.24) is 4.31 Å². The fraction of sp³-hybridized carbons (Fsp3) is 0.429. The van der Waals surface area contributed by atoms with Gasteiger partial charge in [-0.1, -0.05) is 12.1 Å². The summed E-state index contributed by atoms with van der Waals surface area (Å²) < 4.78 is 27.0. The van der Waals surface area contributed by atoms with E-state index >= 15 is 0 Å². The first-order chi connectivity index (χ1) is 9.34. The molecule has 0 aromatic heterocycles. The van der Waals surface area contributed by atoms with E-state index in [1.807, 2.05) is 0 Å². The summed E-state index contributed by atoms with van der Waals surface area (Å²) in [5.41, 5.74) is 1.37. The van der Waals surface area contributed by atoms with Gasteiger partial charge in [-0.25, -0.2) is 12.7 Å². The first kappa shape index (κ1) is 17.4. The maximum absolute atomic E-state index is 12.6. The molecular weight excluding hydrogens is 342 g/mol. The summed E-state index contributed by atoms with van der Waals surface area (Å²) in [6.45, 7) is 5.68. The number of unbranched alkanes of at least 4 members (excludes halogenated alkanes) is 1. The summed E-state index contributed by atoms with van der Waals surface area (Å²) in [7, 11) is -2.00. The van der Waals surface area contributed by atoms with Gasteiger partial charge in [-0.05, 0) is 52.9 Å². The highest BCUT2D eigenvalue weighted by Gasteiger charge is 2.24. The average Bonchev–Trinajstić information content (AvgIpc) is 2.41. The monoisotopic (exact) mass is 361 g/mol. The summed E-state index contributed by atoms with van der Waals surface area (Å²) in [5, 5.41) is 9.22. The van der Waals surface area contributed by atoms with Crippen LogP contribution in [0.5, 0.6) is 0 Å². The van der Waals surface area contributed by atoms with Crippen molar-refractivity contribution in [3.63, 3.8) is 0 Å². The van der Waals surface area contributed by atoms with Gasteiger partial charge in [0.05, 0.1) is 11.5 Å². The molecule has 0 unspecified atom stereocenters.